The topological polar surface area (TPSA) is 102 Å². The van der Waals surface area contributed by atoms with E-state index in [1.54, 1.807) is 11.8 Å². The predicted molar refractivity (Wildman–Crippen MR) is 162 cm³/mol. The quantitative estimate of drug-likeness (QED) is 0.193. The number of carbonyl (C=O) groups excluding carboxylic acids is 1. The molecule has 0 saturated carbocycles. The molecule has 1 aliphatic rings. The Morgan fingerprint density at radius 3 is 2.38 bits per heavy atom. The lowest BCUT2D eigenvalue weighted by molar-refractivity contribution is 0.183. The van der Waals surface area contributed by atoms with Crippen LogP contribution in [0.15, 0.2) is 82.6 Å². The number of nitrogens with one attached hydrogen (secondary N) is 3. The normalized spacial score (nSPS) is 13.8. The van der Waals surface area contributed by atoms with Crippen LogP contribution in [0.3, 0.4) is 0 Å². The maximum absolute atomic E-state index is 12.3. The van der Waals surface area contributed by atoms with Gasteiger partial charge in [-0.3, -0.25) is 0 Å². The fourth-order valence-corrected chi connectivity index (χ4v) is 5.87. The van der Waals surface area contributed by atoms with Crippen LogP contribution in [-0.4, -0.2) is 51.7 Å². The third kappa shape index (κ3) is 6.84. The van der Waals surface area contributed by atoms with Gasteiger partial charge in [-0.25, -0.2) is 9.78 Å². The van der Waals surface area contributed by atoms with E-state index in [0.717, 1.165) is 70.0 Å². The lowest BCUT2D eigenvalue weighted by Gasteiger charge is -2.32. The molecule has 4 aromatic rings. The zero-order valence-electron chi connectivity index (χ0n) is 22.8. The highest BCUT2D eigenvalue weighted by atomic mass is 32.2. The molecule has 9 heteroatoms. The molecule has 3 aromatic carbocycles. The molecule has 1 aliphatic heterocycles. The molecule has 0 spiro atoms. The number of amides is 2. The Morgan fingerprint density at radius 1 is 0.950 bits per heavy atom. The molecule has 4 N–H and O–H groups in total. The van der Waals surface area contributed by atoms with Gasteiger partial charge in [0.25, 0.3) is 0 Å². The van der Waals surface area contributed by atoms with Crippen LogP contribution in [0.1, 0.15) is 37.3 Å². The Kier molecular flexibility index (Phi) is 9.36. The minimum Gasteiger partial charge on any atom is -0.392 e. The number of aliphatic hydroxyl groups excluding tert-OH is 1. The number of aliphatic hydroxyl groups is 1. The number of likely N-dealkylation sites (tertiary alicyclic amines) is 1. The Bertz CT molecular complexity index is 1440. The maximum Gasteiger partial charge on any atom is 0.317 e. The summed E-state index contributed by atoms with van der Waals surface area (Å²) >= 11 is 1.65. The summed E-state index contributed by atoms with van der Waals surface area (Å²) in [6.45, 7) is 4.77. The molecular weight excluding hydrogens is 520 g/mol. The number of nitrogens with zero attached hydrogens (tertiary/aromatic N) is 3. The molecule has 1 saturated heterocycles. The number of rotatable bonds is 10. The first-order valence-electron chi connectivity index (χ1n) is 13.9. The van der Waals surface area contributed by atoms with Crippen molar-refractivity contribution in [3.63, 3.8) is 0 Å². The SMILES string of the molecule is CCCNC(=O)N1CCC(Nc2nc(NCc3ccccc3Sc3ccccc3CO)nc3ccccc23)CC1. The lowest BCUT2D eigenvalue weighted by Crippen LogP contribution is -2.47. The third-order valence-corrected chi connectivity index (χ3v) is 8.26. The number of hydrogen-bond donors (Lipinski definition) is 4. The van der Waals surface area contributed by atoms with Gasteiger partial charge in [0.2, 0.25) is 5.95 Å². The summed E-state index contributed by atoms with van der Waals surface area (Å²) in [5, 5.41) is 20.8. The molecular formula is C31H36N6O2S. The minimum atomic E-state index is 0.00930. The van der Waals surface area contributed by atoms with Gasteiger partial charge < -0.3 is 26.0 Å². The number of hydrogen-bond acceptors (Lipinski definition) is 7. The fraction of sp³-hybridized carbons (Fsp3) is 0.323. The maximum atomic E-state index is 12.3. The monoisotopic (exact) mass is 556 g/mol. The lowest BCUT2D eigenvalue weighted by atomic mass is 10.0. The average Bonchev–Trinajstić information content (AvgIpc) is 3.00. The zero-order chi connectivity index (χ0) is 27.7. The molecule has 1 fully saturated rings. The summed E-state index contributed by atoms with van der Waals surface area (Å²) in [6.07, 6.45) is 2.66. The van der Waals surface area contributed by atoms with Crippen molar-refractivity contribution in [1.29, 1.82) is 0 Å². The van der Waals surface area contributed by atoms with Crippen molar-refractivity contribution in [3.8, 4) is 0 Å². The van der Waals surface area contributed by atoms with Gasteiger partial charge in [0.15, 0.2) is 0 Å². The van der Waals surface area contributed by atoms with Crippen molar-refractivity contribution in [2.75, 3.05) is 30.3 Å². The van der Waals surface area contributed by atoms with Crippen LogP contribution < -0.4 is 16.0 Å². The van der Waals surface area contributed by atoms with E-state index >= 15 is 0 Å². The van der Waals surface area contributed by atoms with Gasteiger partial charge in [0.05, 0.1) is 12.1 Å². The predicted octanol–water partition coefficient (Wildman–Crippen LogP) is 5.88. The summed E-state index contributed by atoms with van der Waals surface area (Å²) in [5.41, 5.74) is 2.91. The average molecular weight is 557 g/mol. The largest absolute Gasteiger partial charge is 0.392 e. The Labute approximate surface area is 239 Å². The van der Waals surface area contributed by atoms with E-state index in [4.69, 9.17) is 9.97 Å². The van der Waals surface area contributed by atoms with Crippen LogP contribution in [0.4, 0.5) is 16.6 Å². The van der Waals surface area contributed by atoms with Crippen LogP contribution in [0.5, 0.6) is 0 Å². The van der Waals surface area contributed by atoms with Crippen LogP contribution in [0, 0.1) is 0 Å². The van der Waals surface area contributed by atoms with Crippen LogP contribution >= 0.6 is 11.8 Å². The molecule has 0 unspecified atom stereocenters. The molecule has 2 heterocycles. The molecule has 0 atom stereocenters. The highest BCUT2D eigenvalue weighted by molar-refractivity contribution is 7.99. The molecule has 0 aliphatic carbocycles. The smallest absolute Gasteiger partial charge is 0.317 e. The van der Waals surface area contributed by atoms with Crippen molar-refractivity contribution in [2.24, 2.45) is 0 Å². The molecule has 1 aromatic heterocycles. The van der Waals surface area contributed by atoms with Crippen molar-refractivity contribution in [1.82, 2.24) is 20.2 Å². The van der Waals surface area contributed by atoms with E-state index in [9.17, 15) is 9.90 Å². The van der Waals surface area contributed by atoms with Crippen LogP contribution in [0.2, 0.25) is 0 Å². The Morgan fingerprint density at radius 2 is 1.62 bits per heavy atom. The second-order valence-corrected chi connectivity index (χ2v) is 11.0. The molecule has 8 nitrogen and oxygen atoms in total. The second kappa shape index (κ2) is 13.5. The van der Waals surface area contributed by atoms with Crippen molar-refractivity contribution in [2.45, 2.75) is 55.2 Å². The van der Waals surface area contributed by atoms with Gasteiger partial charge >= 0.3 is 6.03 Å². The van der Waals surface area contributed by atoms with Crippen molar-refractivity contribution in [3.05, 3.63) is 83.9 Å². The number of carbonyl (C=O) groups is 1. The van der Waals surface area contributed by atoms with Gasteiger partial charge in [-0.2, -0.15) is 4.98 Å². The van der Waals surface area contributed by atoms with Gasteiger partial charge in [-0.1, -0.05) is 67.2 Å². The van der Waals surface area contributed by atoms with E-state index in [2.05, 4.69) is 35.0 Å². The molecule has 0 radical (unpaired) electrons. The molecule has 40 heavy (non-hydrogen) atoms. The summed E-state index contributed by atoms with van der Waals surface area (Å²) < 4.78 is 0. The van der Waals surface area contributed by atoms with E-state index in [1.165, 1.54) is 0 Å². The number of benzene rings is 3. The summed E-state index contributed by atoms with van der Waals surface area (Å²) in [6, 6.07) is 24.5. The van der Waals surface area contributed by atoms with E-state index in [0.29, 0.717) is 19.0 Å². The fourth-order valence-electron chi connectivity index (χ4n) is 4.81. The number of aromatic nitrogens is 2. The Hall–Kier alpha value is -3.82. The van der Waals surface area contributed by atoms with Crippen LogP contribution in [0.25, 0.3) is 10.9 Å². The second-order valence-electron chi connectivity index (χ2n) is 9.88. The molecule has 5 rings (SSSR count). The van der Waals surface area contributed by atoms with E-state index < -0.39 is 0 Å². The summed E-state index contributed by atoms with van der Waals surface area (Å²) in [4.78, 5) is 26.1. The van der Waals surface area contributed by atoms with Gasteiger partial charge in [-0.05, 0) is 54.7 Å². The first kappa shape index (κ1) is 27.7. The molecule has 0 bridgehead atoms. The Balaban J connectivity index is 1.29. The number of piperidine rings is 1. The number of fused-ring (bicyclic) bond motifs is 1. The summed E-state index contributed by atoms with van der Waals surface area (Å²) in [7, 11) is 0. The third-order valence-electron chi connectivity index (χ3n) is 7.02. The molecule has 208 valence electrons. The zero-order valence-corrected chi connectivity index (χ0v) is 23.6. The standard InChI is InChI=1S/C31H36N6O2S/c1-2-17-32-31(39)37-18-15-24(16-19-37)34-29-25-11-5-6-12-26(25)35-30(36-29)33-20-22-9-3-7-13-27(22)40-28-14-8-4-10-23(28)21-38/h3-14,24,38H,2,15-21H2,1H3,(H,32,39)(H2,33,34,35,36). The number of anilines is 2. The summed E-state index contributed by atoms with van der Waals surface area (Å²) in [5.74, 6) is 1.37. The van der Waals surface area contributed by atoms with Crippen molar-refractivity contribution >= 4 is 40.5 Å². The first-order valence-corrected chi connectivity index (χ1v) is 14.7. The highest BCUT2D eigenvalue weighted by Crippen LogP contribution is 2.33. The molecule has 2 amide bonds. The van der Waals surface area contributed by atoms with E-state index in [1.807, 2.05) is 65.6 Å². The minimum absolute atomic E-state index is 0.00930. The van der Waals surface area contributed by atoms with Gasteiger partial charge in [-0.15, -0.1) is 0 Å². The van der Waals surface area contributed by atoms with Gasteiger partial charge in [0, 0.05) is 47.4 Å². The highest BCUT2D eigenvalue weighted by Gasteiger charge is 2.23. The van der Waals surface area contributed by atoms with Gasteiger partial charge in [0.1, 0.15) is 5.82 Å². The van der Waals surface area contributed by atoms with Crippen molar-refractivity contribution < 1.29 is 9.90 Å². The first-order chi connectivity index (χ1) is 19.6. The number of para-hydroxylation sites is 1. The van der Waals surface area contributed by atoms with Crippen LogP contribution in [-0.2, 0) is 13.2 Å². The van der Waals surface area contributed by atoms with E-state index in [-0.39, 0.29) is 18.7 Å². The number of urea groups is 1.